The van der Waals surface area contributed by atoms with Crippen LogP contribution in [-0.4, -0.2) is 30.6 Å². The van der Waals surface area contributed by atoms with Crippen LogP contribution in [0.2, 0.25) is 0 Å². The summed E-state index contributed by atoms with van der Waals surface area (Å²) in [6.07, 6.45) is 3.71. The van der Waals surface area contributed by atoms with Gasteiger partial charge in [-0.15, -0.1) is 0 Å². The Balaban J connectivity index is 3.67. The molecule has 0 saturated heterocycles. The molecule has 0 aliphatic rings. The van der Waals surface area contributed by atoms with Gasteiger partial charge in [-0.3, -0.25) is 0 Å². The van der Waals surface area contributed by atoms with E-state index in [2.05, 4.69) is 51.5 Å². The van der Waals surface area contributed by atoms with E-state index in [9.17, 15) is 0 Å². The van der Waals surface area contributed by atoms with Crippen LogP contribution in [0.15, 0.2) is 12.3 Å². The number of hydrogen-bond donors (Lipinski definition) is 1. The van der Waals surface area contributed by atoms with Gasteiger partial charge in [0.1, 0.15) is 0 Å². The van der Waals surface area contributed by atoms with Crippen LogP contribution < -0.4 is 5.32 Å². The van der Waals surface area contributed by atoms with Crippen LogP contribution in [0.1, 0.15) is 47.0 Å². The van der Waals surface area contributed by atoms with Crippen molar-refractivity contribution in [3.8, 4) is 0 Å². The van der Waals surface area contributed by atoms with Crippen molar-refractivity contribution < 1.29 is 0 Å². The van der Waals surface area contributed by atoms with Crippen LogP contribution in [0.5, 0.6) is 0 Å². The molecule has 0 aliphatic carbocycles. The topological polar surface area (TPSA) is 15.3 Å². The zero-order chi connectivity index (χ0) is 11.8. The molecule has 0 aromatic rings. The third kappa shape index (κ3) is 7.43. The monoisotopic (exact) mass is 212 g/mol. The maximum Gasteiger partial charge on any atom is 0.0172 e. The molecule has 2 nitrogen and oxygen atoms in total. The molecule has 2 heteroatoms. The van der Waals surface area contributed by atoms with Gasteiger partial charge in [-0.1, -0.05) is 27.4 Å². The Morgan fingerprint density at radius 3 is 2.40 bits per heavy atom. The summed E-state index contributed by atoms with van der Waals surface area (Å²) in [4.78, 5) is 2.22. The lowest BCUT2D eigenvalue weighted by molar-refractivity contribution is 0.363. The second-order valence-electron chi connectivity index (χ2n) is 4.73. The quantitative estimate of drug-likeness (QED) is 0.665. The highest BCUT2D eigenvalue weighted by molar-refractivity contribution is 4.85. The fourth-order valence-electron chi connectivity index (χ4n) is 1.64. The number of rotatable bonds is 8. The van der Waals surface area contributed by atoms with E-state index in [1.807, 2.05) is 0 Å². The van der Waals surface area contributed by atoms with Gasteiger partial charge in [0.05, 0.1) is 0 Å². The van der Waals surface area contributed by atoms with Gasteiger partial charge >= 0.3 is 0 Å². The molecular formula is C13H28N2. The van der Waals surface area contributed by atoms with Gasteiger partial charge in [-0.2, -0.15) is 0 Å². The minimum atomic E-state index is 0.592. The maximum atomic E-state index is 3.93. The smallest absolute Gasteiger partial charge is 0.0172 e. The molecule has 0 saturated carbocycles. The van der Waals surface area contributed by atoms with Crippen LogP contribution in [0.25, 0.3) is 0 Å². The standard InChI is InChI=1S/C13H28N2/c1-7-13(14-11(2)3)9-8-10-15(6)12(4)5/h11,13-14H,4,7-10H2,1-3,5-6H3. The fraction of sp³-hybridized carbons (Fsp3) is 0.846. The van der Waals surface area contributed by atoms with Crippen molar-refractivity contribution in [2.75, 3.05) is 13.6 Å². The second-order valence-corrected chi connectivity index (χ2v) is 4.73. The van der Waals surface area contributed by atoms with Gasteiger partial charge in [-0.25, -0.2) is 0 Å². The fourth-order valence-corrected chi connectivity index (χ4v) is 1.64. The highest BCUT2D eigenvalue weighted by Gasteiger charge is 2.07. The first-order valence-electron chi connectivity index (χ1n) is 6.10. The summed E-state index contributed by atoms with van der Waals surface area (Å²) < 4.78 is 0. The molecule has 0 aliphatic heterocycles. The zero-order valence-electron chi connectivity index (χ0n) is 11.1. The zero-order valence-corrected chi connectivity index (χ0v) is 11.1. The molecule has 0 spiro atoms. The highest BCUT2D eigenvalue weighted by atomic mass is 15.1. The molecule has 0 rings (SSSR count). The minimum absolute atomic E-state index is 0.592. The first-order chi connectivity index (χ1) is 6.97. The number of nitrogens with zero attached hydrogens (tertiary/aromatic N) is 1. The van der Waals surface area contributed by atoms with Crippen molar-refractivity contribution in [1.29, 1.82) is 0 Å². The van der Waals surface area contributed by atoms with Crippen molar-refractivity contribution in [3.05, 3.63) is 12.3 Å². The second kappa shape index (κ2) is 7.75. The summed E-state index contributed by atoms with van der Waals surface area (Å²) in [5.74, 6) is 0. The van der Waals surface area contributed by atoms with Gasteiger partial charge in [-0.05, 0) is 26.2 Å². The highest BCUT2D eigenvalue weighted by Crippen LogP contribution is 2.05. The van der Waals surface area contributed by atoms with Crippen molar-refractivity contribution >= 4 is 0 Å². The van der Waals surface area contributed by atoms with E-state index < -0.39 is 0 Å². The van der Waals surface area contributed by atoms with E-state index in [0.717, 1.165) is 12.2 Å². The van der Waals surface area contributed by atoms with Crippen LogP contribution >= 0.6 is 0 Å². The van der Waals surface area contributed by atoms with Crippen molar-refractivity contribution in [3.63, 3.8) is 0 Å². The Morgan fingerprint density at radius 2 is 2.00 bits per heavy atom. The van der Waals surface area contributed by atoms with E-state index in [1.54, 1.807) is 0 Å². The molecule has 0 bridgehead atoms. The lowest BCUT2D eigenvalue weighted by atomic mass is 10.1. The Morgan fingerprint density at radius 1 is 1.40 bits per heavy atom. The van der Waals surface area contributed by atoms with Gasteiger partial charge in [0, 0.05) is 31.4 Å². The van der Waals surface area contributed by atoms with E-state index in [-0.39, 0.29) is 0 Å². The average Bonchev–Trinajstić information content (AvgIpc) is 2.15. The summed E-state index contributed by atoms with van der Waals surface area (Å²) in [5.41, 5.74) is 1.15. The molecule has 90 valence electrons. The van der Waals surface area contributed by atoms with E-state index in [0.29, 0.717) is 12.1 Å². The molecule has 1 atom stereocenters. The van der Waals surface area contributed by atoms with Crippen molar-refractivity contribution in [1.82, 2.24) is 10.2 Å². The predicted octanol–water partition coefficient (Wildman–Crippen LogP) is 3.01. The molecular weight excluding hydrogens is 184 g/mol. The van der Waals surface area contributed by atoms with Crippen LogP contribution in [0, 0.1) is 0 Å². The third-order valence-corrected chi connectivity index (χ3v) is 2.76. The largest absolute Gasteiger partial charge is 0.379 e. The summed E-state index contributed by atoms with van der Waals surface area (Å²) in [6.45, 7) is 13.8. The normalized spacial score (nSPS) is 12.9. The Hall–Kier alpha value is -0.500. The number of allylic oxidation sites excluding steroid dienone is 1. The first kappa shape index (κ1) is 14.5. The molecule has 0 fully saturated rings. The van der Waals surface area contributed by atoms with Crippen molar-refractivity contribution in [2.45, 2.75) is 59.0 Å². The predicted molar refractivity (Wildman–Crippen MR) is 69.0 cm³/mol. The Kier molecular flexibility index (Phi) is 7.49. The number of hydrogen-bond acceptors (Lipinski definition) is 2. The average molecular weight is 212 g/mol. The summed E-state index contributed by atoms with van der Waals surface area (Å²) >= 11 is 0. The molecule has 0 aromatic heterocycles. The molecule has 1 unspecified atom stereocenters. The lowest BCUT2D eigenvalue weighted by Crippen LogP contribution is -2.34. The van der Waals surface area contributed by atoms with Gasteiger partial charge in [0.2, 0.25) is 0 Å². The number of nitrogens with one attached hydrogen (secondary N) is 1. The van der Waals surface area contributed by atoms with E-state index in [4.69, 9.17) is 0 Å². The van der Waals surface area contributed by atoms with Crippen LogP contribution in [-0.2, 0) is 0 Å². The van der Waals surface area contributed by atoms with Gasteiger partial charge in [0.25, 0.3) is 0 Å². The molecule has 0 aromatic carbocycles. The molecule has 0 radical (unpaired) electrons. The lowest BCUT2D eigenvalue weighted by Gasteiger charge is -2.23. The van der Waals surface area contributed by atoms with Gasteiger partial charge in [0.15, 0.2) is 0 Å². The minimum Gasteiger partial charge on any atom is -0.379 e. The van der Waals surface area contributed by atoms with Crippen LogP contribution in [0.4, 0.5) is 0 Å². The maximum absolute atomic E-state index is 3.93. The van der Waals surface area contributed by atoms with E-state index in [1.165, 1.54) is 19.3 Å². The Bertz CT molecular complexity index is 175. The SMILES string of the molecule is C=C(C)N(C)CCCC(CC)NC(C)C. The molecule has 1 N–H and O–H groups in total. The molecule has 0 amide bonds. The van der Waals surface area contributed by atoms with E-state index >= 15 is 0 Å². The van der Waals surface area contributed by atoms with Crippen LogP contribution in [0.3, 0.4) is 0 Å². The van der Waals surface area contributed by atoms with Crippen molar-refractivity contribution in [2.24, 2.45) is 0 Å². The van der Waals surface area contributed by atoms with Gasteiger partial charge < -0.3 is 10.2 Å². The summed E-state index contributed by atoms with van der Waals surface area (Å²) in [7, 11) is 2.11. The summed E-state index contributed by atoms with van der Waals surface area (Å²) in [5, 5.41) is 3.59. The molecule has 0 heterocycles. The first-order valence-corrected chi connectivity index (χ1v) is 6.10. The summed E-state index contributed by atoms with van der Waals surface area (Å²) in [6, 6.07) is 1.26. The third-order valence-electron chi connectivity index (χ3n) is 2.76. The molecule has 15 heavy (non-hydrogen) atoms. The Labute approximate surface area is 95.7 Å².